The van der Waals surface area contributed by atoms with Gasteiger partial charge in [0.15, 0.2) is 11.5 Å². The summed E-state index contributed by atoms with van der Waals surface area (Å²) < 4.78 is 12.1. The van der Waals surface area contributed by atoms with Gasteiger partial charge < -0.3 is 19.7 Å². The molecule has 1 saturated heterocycles. The number of hydrogen-bond donors (Lipinski definition) is 2. The number of fused-ring (bicyclic) bond motifs is 1. The van der Waals surface area contributed by atoms with Crippen LogP contribution in [-0.2, 0) is 16.6 Å². The lowest BCUT2D eigenvalue weighted by atomic mass is 9.52. The maximum atomic E-state index is 12.4. The molecule has 5 rings (SSSR count). The monoisotopic (exact) mass is 455 g/mol. The Hall–Kier alpha value is -1.89. The SMILES string of the molecule is CCC(O)C1Oc2c(OC(=O)C=C(C)C)ccc3c2C12CCN(CC1CCC1)C(C3)C2(C)O. The molecule has 1 spiro atoms. The first-order valence-corrected chi connectivity index (χ1v) is 12.5. The van der Waals surface area contributed by atoms with E-state index < -0.39 is 29.2 Å². The van der Waals surface area contributed by atoms with Crippen LogP contribution in [-0.4, -0.2) is 58.0 Å². The molecule has 0 amide bonds. The highest BCUT2D eigenvalue weighted by Crippen LogP contribution is 2.62. The van der Waals surface area contributed by atoms with Crippen molar-refractivity contribution in [3.8, 4) is 11.5 Å². The van der Waals surface area contributed by atoms with Crippen molar-refractivity contribution in [2.75, 3.05) is 13.1 Å². The summed E-state index contributed by atoms with van der Waals surface area (Å²) in [5.74, 6) is 1.17. The van der Waals surface area contributed by atoms with Gasteiger partial charge in [0, 0.05) is 24.2 Å². The molecule has 0 radical (unpaired) electrons. The first kappa shape index (κ1) is 22.9. The molecule has 2 fully saturated rings. The van der Waals surface area contributed by atoms with E-state index in [2.05, 4.69) is 4.90 Å². The molecule has 2 bridgehead atoms. The molecule has 33 heavy (non-hydrogen) atoms. The predicted octanol–water partition coefficient (Wildman–Crippen LogP) is 3.51. The molecule has 2 heterocycles. The van der Waals surface area contributed by atoms with Crippen LogP contribution in [0, 0.1) is 5.92 Å². The number of allylic oxidation sites excluding steroid dienone is 1. The van der Waals surface area contributed by atoms with E-state index in [0.717, 1.165) is 42.1 Å². The maximum Gasteiger partial charge on any atom is 0.336 e. The largest absolute Gasteiger partial charge is 0.482 e. The third-order valence-corrected chi connectivity index (χ3v) is 8.69. The van der Waals surface area contributed by atoms with Crippen LogP contribution in [0.15, 0.2) is 23.8 Å². The molecular formula is C27H37NO5. The van der Waals surface area contributed by atoms with Crippen molar-refractivity contribution in [3.63, 3.8) is 0 Å². The third-order valence-electron chi connectivity index (χ3n) is 8.69. The number of ether oxygens (including phenoxy) is 2. The van der Waals surface area contributed by atoms with E-state index in [-0.39, 0.29) is 6.04 Å². The van der Waals surface area contributed by atoms with Gasteiger partial charge in [-0.2, -0.15) is 0 Å². The number of benzene rings is 1. The Morgan fingerprint density at radius 2 is 2.12 bits per heavy atom. The van der Waals surface area contributed by atoms with Gasteiger partial charge in [-0.1, -0.05) is 25.0 Å². The number of carbonyl (C=O) groups is 1. The summed E-state index contributed by atoms with van der Waals surface area (Å²) in [4.78, 5) is 14.9. The zero-order chi connectivity index (χ0) is 23.5. The molecule has 1 aromatic rings. The molecule has 2 N–H and O–H groups in total. The fourth-order valence-corrected chi connectivity index (χ4v) is 6.78. The summed E-state index contributed by atoms with van der Waals surface area (Å²) in [6.45, 7) is 9.46. The zero-order valence-electron chi connectivity index (χ0n) is 20.3. The minimum absolute atomic E-state index is 0.0282. The maximum absolute atomic E-state index is 12.4. The molecular weight excluding hydrogens is 418 g/mol. The summed E-state index contributed by atoms with van der Waals surface area (Å²) in [5, 5.41) is 23.3. The van der Waals surface area contributed by atoms with Gasteiger partial charge in [-0.3, -0.25) is 4.90 Å². The Morgan fingerprint density at radius 1 is 1.36 bits per heavy atom. The normalized spacial score (nSPS) is 33.5. The smallest absolute Gasteiger partial charge is 0.336 e. The second kappa shape index (κ2) is 8.10. The molecule has 0 aromatic heterocycles. The fraction of sp³-hybridized carbons (Fsp3) is 0.667. The van der Waals surface area contributed by atoms with Crippen LogP contribution in [0.2, 0.25) is 0 Å². The minimum Gasteiger partial charge on any atom is -0.482 e. The molecule has 6 heteroatoms. The highest BCUT2D eigenvalue weighted by Gasteiger charge is 2.69. The fourth-order valence-electron chi connectivity index (χ4n) is 6.78. The molecule has 180 valence electrons. The molecule has 6 nitrogen and oxygen atoms in total. The standard InChI is InChI=1S/C27H37NO5/c1-5-19(29)25-27-11-12-28(15-17-7-6-8-17)21(26(27,4)31)14-18-9-10-20(24(33-25)23(18)27)32-22(30)13-16(2)3/h9-10,13,17,19,21,25,29,31H,5-8,11-12,14-15H2,1-4H3. The Morgan fingerprint density at radius 3 is 2.76 bits per heavy atom. The second-order valence-corrected chi connectivity index (χ2v) is 11.0. The van der Waals surface area contributed by atoms with Crippen molar-refractivity contribution in [3.05, 3.63) is 34.9 Å². The number of aliphatic hydroxyl groups excluding tert-OH is 1. The van der Waals surface area contributed by atoms with Crippen molar-refractivity contribution in [1.29, 1.82) is 0 Å². The van der Waals surface area contributed by atoms with E-state index in [1.807, 2.05) is 39.8 Å². The van der Waals surface area contributed by atoms with Gasteiger partial charge >= 0.3 is 5.97 Å². The van der Waals surface area contributed by atoms with Crippen LogP contribution in [0.1, 0.15) is 70.9 Å². The summed E-state index contributed by atoms with van der Waals surface area (Å²) >= 11 is 0. The molecule has 2 aliphatic carbocycles. The number of nitrogens with zero attached hydrogens (tertiary/aromatic N) is 1. The zero-order valence-corrected chi connectivity index (χ0v) is 20.3. The van der Waals surface area contributed by atoms with Gasteiger partial charge in [-0.25, -0.2) is 4.79 Å². The van der Waals surface area contributed by atoms with Gasteiger partial charge in [0.2, 0.25) is 0 Å². The van der Waals surface area contributed by atoms with Crippen LogP contribution in [0.5, 0.6) is 11.5 Å². The average Bonchev–Trinajstić information content (AvgIpc) is 3.06. The Bertz CT molecular complexity index is 977. The van der Waals surface area contributed by atoms with Crippen molar-refractivity contribution in [1.82, 2.24) is 4.90 Å². The summed E-state index contributed by atoms with van der Waals surface area (Å²) in [5.41, 5.74) is 1.12. The second-order valence-electron chi connectivity index (χ2n) is 11.0. The summed E-state index contributed by atoms with van der Waals surface area (Å²) in [6.07, 6.45) is 5.97. The predicted molar refractivity (Wildman–Crippen MR) is 126 cm³/mol. The number of likely N-dealkylation sites (tertiary alicyclic amines) is 1. The van der Waals surface area contributed by atoms with Crippen LogP contribution in [0.25, 0.3) is 0 Å². The van der Waals surface area contributed by atoms with Gasteiger partial charge in [-0.15, -0.1) is 0 Å². The van der Waals surface area contributed by atoms with Gasteiger partial charge in [0.1, 0.15) is 6.10 Å². The lowest BCUT2D eigenvalue weighted by molar-refractivity contribution is -0.172. The van der Waals surface area contributed by atoms with E-state index in [4.69, 9.17) is 9.47 Å². The van der Waals surface area contributed by atoms with E-state index in [1.165, 1.54) is 25.3 Å². The average molecular weight is 456 g/mol. The first-order valence-electron chi connectivity index (χ1n) is 12.5. The van der Waals surface area contributed by atoms with Crippen molar-refractivity contribution >= 4 is 5.97 Å². The topological polar surface area (TPSA) is 79.2 Å². The van der Waals surface area contributed by atoms with Crippen LogP contribution in [0.3, 0.4) is 0 Å². The van der Waals surface area contributed by atoms with E-state index in [1.54, 1.807) is 0 Å². The molecule has 1 aromatic carbocycles. The van der Waals surface area contributed by atoms with Crippen molar-refractivity contribution in [2.45, 2.75) is 95.5 Å². The van der Waals surface area contributed by atoms with Crippen LogP contribution >= 0.6 is 0 Å². The van der Waals surface area contributed by atoms with Gasteiger partial charge in [0.25, 0.3) is 0 Å². The Balaban J connectivity index is 1.60. The molecule has 2 aliphatic heterocycles. The lowest BCUT2D eigenvalue weighted by Gasteiger charge is -2.60. The highest BCUT2D eigenvalue weighted by atomic mass is 16.6. The third kappa shape index (κ3) is 3.36. The van der Waals surface area contributed by atoms with E-state index in [9.17, 15) is 15.0 Å². The first-order chi connectivity index (χ1) is 15.7. The minimum atomic E-state index is -1.07. The Kier molecular flexibility index (Phi) is 5.62. The number of hydrogen-bond acceptors (Lipinski definition) is 6. The van der Waals surface area contributed by atoms with Crippen molar-refractivity contribution in [2.24, 2.45) is 5.92 Å². The number of esters is 1. The lowest BCUT2D eigenvalue weighted by Crippen LogP contribution is -2.74. The number of piperidine rings is 1. The van der Waals surface area contributed by atoms with Crippen molar-refractivity contribution < 1.29 is 24.5 Å². The molecule has 4 aliphatic rings. The highest BCUT2D eigenvalue weighted by molar-refractivity contribution is 5.85. The molecule has 5 atom stereocenters. The van der Waals surface area contributed by atoms with Crippen LogP contribution < -0.4 is 9.47 Å². The van der Waals surface area contributed by atoms with E-state index in [0.29, 0.717) is 24.3 Å². The van der Waals surface area contributed by atoms with Gasteiger partial charge in [-0.05, 0) is 77.0 Å². The number of rotatable bonds is 6. The summed E-state index contributed by atoms with van der Waals surface area (Å²) in [7, 11) is 0. The van der Waals surface area contributed by atoms with Crippen LogP contribution in [0.4, 0.5) is 0 Å². The molecule has 1 saturated carbocycles. The Labute approximate surface area is 196 Å². The van der Waals surface area contributed by atoms with E-state index >= 15 is 0 Å². The summed E-state index contributed by atoms with van der Waals surface area (Å²) in [6, 6.07) is 3.81. The quantitative estimate of drug-likeness (QED) is 0.388. The molecule has 5 unspecified atom stereocenters. The van der Waals surface area contributed by atoms with Gasteiger partial charge in [0.05, 0.1) is 17.1 Å². The number of aliphatic hydroxyl groups is 2. The number of carbonyl (C=O) groups excluding carboxylic acids is 1.